The maximum atomic E-state index is 9.13. The third-order valence-electron chi connectivity index (χ3n) is 2.30. The maximum Gasteiger partial charge on any atom is 0.0636 e. The molecule has 0 aromatic heterocycles. The van der Waals surface area contributed by atoms with Crippen LogP contribution in [0.2, 0.25) is 0 Å². The molecule has 14 heavy (non-hydrogen) atoms. The number of nitrogens with one attached hydrogen (secondary N) is 1. The lowest BCUT2D eigenvalue weighted by molar-refractivity contribution is 0.187. The summed E-state index contributed by atoms with van der Waals surface area (Å²) in [4.78, 5) is 0. The number of rotatable bonds is 4. The highest BCUT2D eigenvalue weighted by atomic mass is 16.3. The minimum atomic E-state index is -0.289. The maximum absolute atomic E-state index is 9.13. The van der Waals surface area contributed by atoms with Gasteiger partial charge in [0.15, 0.2) is 0 Å². The van der Waals surface area contributed by atoms with Crippen molar-refractivity contribution in [2.75, 3.05) is 6.54 Å². The molecule has 2 N–H and O–H groups in total. The summed E-state index contributed by atoms with van der Waals surface area (Å²) in [6.45, 7) is 6.61. The van der Waals surface area contributed by atoms with Crippen LogP contribution in [-0.2, 0) is 0 Å². The lowest BCUT2D eigenvalue weighted by Crippen LogP contribution is -2.27. The van der Waals surface area contributed by atoms with E-state index in [1.165, 1.54) is 11.1 Å². The van der Waals surface area contributed by atoms with Crippen LogP contribution in [0.5, 0.6) is 0 Å². The number of hydrogen-bond acceptors (Lipinski definition) is 2. The van der Waals surface area contributed by atoms with E-state index in [1.54, 1.807) is 6.92 Å². The van der Waals surface area contributed by atoms with Crippen molar-refractivity contribution < 1.29 is 5.11 Å². The summed E-state index contributed by atoms with van der Waals surface area (Å²) in [5.41, 5.74) is 2.53. The Balaban J connectivity index is 2.52. The first kappa shape index (κ1) is 11.2. The monoisotopic (exact) mass is 193 g/mol. The molecule has 1 rings (SSSR count). The Kier molecular flexibility index (Phi) is 4.11. The highest BCUT2D eigenvalue weighted by Gasteiger charge is 2.04. The lowest BCUT2D eigenvalue weighted by atomic mass is 10.1. The Bertz CT molecular complexity index is 266. The summed E-state index contributed by atoms with van der Waals surface area (Å²) in [5, 5.41) is 12.4. The van der Waals surface area contributed by atoms with Crippen molar-refractivity contribution in [3.05, 3.63) is 35.4 Å². The average molecular weight is 193 g/mol. The van der Waals surface area contributed by atoms with Crippen LogP contribution in [0.3, 0.4) is 0 Å². The fourth-order valence-electron chi connectivity index (χ4n) is 1.32. The Morgan fingerprint density at radius 2 is 1.79 bits per heavy atom. The standard InChI is InChI=1S/C12H19NO/c1-9-4-6-12(7-5-9)11(3)13-8-10(2)14/h4-7,10-11,13-14H,8H2,1-3H3/t10?,11-/m1/s1. The summed E-state index contributed by atoms with van der Waals surface area (Å²) < 4.78 is 0. The van der Waals surface area contributed by atoms with Gasteiger partial charge in [0.2, 0.25) is 0 Å². The van der Waals surface area contributed by atoms with Crippen molar-refractivity contribution in [2.24, 2.45) is 0 Å². The minimum Gasteiger partial charge on any atom is -0.392 e. The molecule has 0 spiro atoms. The molecular formula is C12H19NO. The van der Waals surface area contributed by atoms with Crippen LogP contribution in [0.15, 0.2) is 24.3 Å². The van der Waals surface area contributed by atoms with Crippen molar-refractivity contribution in [3.8, 4) is 0 Å². The first-order valence-corrected chi connectivity index (χ1v) is 5.07. The molecule has 2 heteroatoms. The molecule has 0 aliphatic carbocycles. The van der Waals surface area contributed by atoms with E-state index in [-0.39, 0.29) is 6.10 Å². The first-order valence-electron chi connectivity index (χ1n) is 5.07. The van der Waals surface area contributed by atoms with E-state index in [2.05, 4.69) is 43.4 Å². The summed E-state index contributed by atoms with van der Waals surface area (Å²) in [6.07, 6.45) is -0.289. The van der Waals surface area contributed by atoms with Gasteiger partial charge in [0.25, 0.3) is 0 Å². The van der Waals surface area contributed by atoms with E-state index in [0.29, 0.717) is 12.6 Å². The molecule has 0 heterocycles. The van der Waals surface area contributed by atoms with Crippen molar-refractivity contribution in [1.29, 1.82) is 0 Å². The van der Waals surface area contributed by atoms with Gasteiger partial charge < -0.3 is 10.4 Å². The predicted octanol–water partition coefficient (Wildman–Crippen LogP) is 2.03. The zero-order valence-corrected chi connectivity index (χ0v) is 9.12. The van der Waals surface area contributed by atoms with Gasteiger partial charge in [-0.15, -0.1) is 0 Å². The SMILES string of the molecule is Cc1ccc([C@@H](C)NCC(C)O)cc1. The molecule has 78 valence electrons. The second-order valence-corrected chi connectivity index (χ2v) is 3.89. The van der Waals surface area contributed by atoms with E-state index >= 15 is 0 Å². The van der Waals surface area contributed by atoms with Crippen LogP contribution in [0.25, 0.3) is 0 Å². The average Bonchev–Trinajstić information content (AvgIpc) is 2.15. The molecule has 2 atom stereocenters. The molecule has 0 radical (unpaired) electrons. The van der Waals surface area contributed by atoms with E-state index in [0.717, 1.165) is 0 Å². The van der Waals surface area contributed by atoms with Crippen molar-refractivity contribution >= 4 is 0 Å². The summed E-state index contributed by atoms with van der Waals surface area (Å²) in [5.74, 6) is 0. The highest BCUT2D eigenvalue weighted by molar-refractivity contribution is 5.23. The van der Waals surface area contributed by atoms with Gasteiger partial charge >= 0.3 is 0 Å². The smallest absolute Gasteiger partial charge is 0.0636 e. The van der Waals surface area contributed by atoms with Gasteiger partial charge in [0.05, 0.1) is 6.10 Å². The molecule has 0 fully saturated rings. The first-order chi connectivity index (χ1) is 6.59. The van der Waals surface area contributed by atoms with Crippen LogP contribution in [0, 0.1) is 6.92 Å². The van der Waals surface area contributed by atoms with E-state index in [4.69, 9.17) is 5.11 Å². The number of aryl methyl sites for hydroxylation is 1. The molecule has 1 aromatic rings. The van der Waals surface area contributed by atoms with Crippen LogP contribution in [-0.4, -0.2) is 17.8 Å². The predicted molar refractivity (Wildman–Crippen MR) is 59.3 cm³/mol. The number of aliphatic hydroxyl groups is 1. The Labute approximate surface area is 86.0 Å². The lowest BCUT2D eigenvalue weighted by Gasteiger charge is -2.15. The zero-order valence-electron chi connectivity index (χ0n) is 9.12. The topological polar surface area (TPSA) is 32.3 Å². The number of aliphatic hydroxyl groups excluding tert-OH is 1. The van der Waals surface area contributed by atoms with Crippen molar-refractivity contribution in [3.63, 3.8) is 0 Å². The summed E-state index contributed by atoms with van der Waals surface area (Å²) >= 11 is 0. The Morgan fingerprint density at radius 1 is 1.21 bits per heavy atom. The van der Waals surface area contributed by atoms with Gasteiger partial charge in [-0.25, -0.2) is 0 Å². The van der Waals surface area contributed by atoms with Crippen LogP contribution >= 0.6 is 0 Å². The molecule has 0 bridgehead atoms. The van der Waals surface area contributed by atoms with Crippen molar-refractivity contribution in [2.45, 2.75) is 32.9 Å². The Hall–Kier alpha value is -0.860. The normalized spacial score (nSPS) is 15.1. The quantitative estimate of drug-likeness (QED) is 0.767. The molecule has 0 amide bonds. The van der Waals surface area contributed by atoms with Gasteiger partial charge in [0, 0.05) is 12.6 Å². The second kappa shape index (κ2) is 5.13. The molecule has 1 unspecified atom stereocenters. The van der Waals surface area contributed by atoms with Gasteiger partial charge in [-0.1, -0.05) is 29.8 Å². The van der Waals surface area contributed by atoms with Crippen molar-refractivity contribution in [1.82, 2.24) is 5.32 Å². The van der Waals surface area contributed by atoms with Gasteiger partial charge in [-0.05, 0) is 26.3 Å². The fraction of sp³-hybridized carbons (Fsp3) is 0.500. The highest BCUT2D eigenvalue weighted by Crippen LogP contribution is 2.12. The summed E-state index contributed by atoms with van der Waals surface area (Å²) in [7, 11) is 0. The number of hydrogen-bond donors (Lipinski definition) is 2. The second-order valence-electron chi connectivity index (χ2n) is 3.89. The van der Waals surface area contributed by atoms with Gasteiger partial charge in [0.1, 0.15) is 0 Å². The van der Waals surface area contributed by atoms with Crippen LogP contribution < -0.4 is 5.32 Å². The van der Waals surface area contributed by atoms with E-state index < -0.39 is 0 Å². The third kappa shape index (κ3) is 3.48. The number of benzene rings is 1. The molecule has 0 saturated carbocycles. The van der Waals surface area contributed by atoms with Gasteiger partial charge in [-0.3, -0.25) is 0 Å². The van der Waals surface area contributed by atoms with Gasteiger partial charge in [-0.2, -0.15) is 0 Å². The minimum absolute atomic E-state index is 0.289. The fourth-order valence-corrected chi connectivity index (χ4v) is 1.32. The zero-order chi connectivity index (χ0) is 10.6. The van der Waals surface area contributed by atoms with Crippen LogP contribution in [0.1, 0.15) is 31.0 Å². The molecular weight excluding hydrogens is 174 g/mol. The van der Waals surface area contributed by atoms with E-state index in [1.807, 2.05) is 0 Å². The Morgan fingerprint density at radius 3 is 2.29 bits per heavy atom. The molecule has 0 aliphatic heterocycles. The largest absolute Gasteiger partial charge is 0.392 e. The molecule has 2 nitrogen and oxygen atoms in total. The third-order valence-corrected chi connectivity index (χ3v) is 2.30. The molecule has 1 aromatic carbocycles. The summed E-state index contributed by atoms with van der Waals surface area (Å²) in [6, 6.07) is 8.75. The van der Waals surface area contributed by atoms with Crippen LogP contribution in [0.4, 0.5) is 0 Å². The van der Waals surface area contributed by atoms with E-state index in [9.17, 15) is 0 Å². The molecule has 0 saturated heterocycles. The molecule has 0 aliphatic rings.